The summed E-state index contributed by atoms with van der Waals surface area (Å²) in [7, 11) is 0. The van der Waals surface area contributed by atoms with Crippen molar-refractivity contribution in [2.45, 2.75) is 33.2 Å². The lowest BCUT2D eigenvalue weighted by Crippen LogP contribution is -2.38. The van der Waals surface area contributed by atoms with Gasteiger partial charge in [0.05, 0.1) is 22.9 Å². The molecule has 2 aromatic heterocycles. The third-order valence-corrected chi connectivity index (χ3v) is 7.69. The molecule has 4 heterocycles. The van der Waals surface area contributed by atoms with E-state index in [0.29, 0.717) is 56.2 Å². The van der Waals surface area contributed by atoms with E-state index in [1.165, 1.54) is 0 Å². The number of aryl methyl sites for hydroxylation is 1. The van der Waals surface area contributed by atoms with Gasteiger partial charge in [-0.1, -0.05) is 17.7 Å². The highest BCUT2D eigenvalue weighted by atomic mass is 35.5. The first-order valence-corrected chi connectivity index (χ1v) is 12.7. The first-order chi connectivity index (χ1) is 16.5. The fourth-order valence-corrected chi connectivity index (χ4v) is 5.56. The van der Waals surface area contributed by atoms with Crippen LogP contribution in [0.2, 0.25) is 5.02 Å². The molecule has 10 heteroatoms. The highest BCUT2D eigenvalue weighted by molar-refractivity contribution is 7.19. The van der Waals surface area contributed by atoms with Crippen LogP contribution in [0.1, 0.15) is 30.2 Å². The van der Waals surface area contributed by atoms with Crippen LogP contribution in [0.5, 0.6) is 11.5 Å². The highest BCUT2D eigenvalue weighted by Crippen LogP contribution is 2.39. The van der Waals surface area contributed by atoms with Gasteiger partial charge in [-0.05, 0) is 44.4 Å². The van der Waals surface area contributed by atoms with E-state index in [9.17, 15) is 4.79 Å². The monoisotopic (exact) mass is 502 g/mol. The first-order valence-electron chi connectivity index (χ1n) is 11.5. The van der Waals surface area contributed by atoms with E-state index in [0.717, 1.165) is 45.0 Å². The lowest BCUT2D eigenvalue weighted by atomic mass is 9.97. The molecule has 1 fully saturated rings. The SMILES string of the molecule is CCOC(=O)C1CCN(c2nc(NCc3ccc4c(c3)OCCO4)c3c(Cl)c(C)sc3n2)CC1. The molecular weight excluding hydrogens is 476 g/mol. The van der Waals surface area contributed by atoms with Crippen molar-refractivity contribution in [1.29, 1.82) is 0 Å². The van der Waals surface area contributed by atoms with Crippen molar-refractivity contribution in [2.24, 2.45) is 5.92 Å². The molecule has 0 saturated carbocycles. The number of fused-ring (bicyclic) bond motifs is 2. The van der Waals surface area contributed by atoms with E-state index in [4.69, 9.17) is 35.8 Å². The Balaban J connectivity index is 1.37. The summed E-state index contributed by atoms with van der Waals surface area (Å²) in [5.74, 6) is 2.71. The summed E-state index contributed by atoms with van der Waals surface area (Å²) in [5, 5.41) is 4.98. The molecular formula is C24H27ClN4O4S. The van der Waals surface area contributed by atoms with Crippen molar-refractivity contribution in [2.75, 3.05) is 43.1 Å². The molecule has 0 bridgehead atoms. The van der Waals surface area contributed by atoms with Gasteiger partial charge < -0.3 is 24.4 Å². The van der Waals surface area contributed by atoms with E-state index in [2.05, 4.69) is 10.2 Å². The zero-order chi connectivity index (χ0) is 23.7. The minimum Gasteiger partial charge on any atom is -0.486 e. The Morgan fingerprint density at radius 1 is 1.24 bits per heavy atom. The Morgan fingerprint density at radius 3 is 2.76 bits per heavy atom. The predicted octanol–water partition coefficient (Wildman–Crippen LogP) is 4.82. The Morgan fingerprint density at radius 2 is 2.00 bits per heavy atom. The van der Waals surface area contributed by atoms with E-state index in [1.54, 1.807) is 11.3 Å². The Hall–Kier alpha value is -2.78. The van der Waals surface area contributed by atoms with Crippen LogP contribution in [0.25, 0.3) is 10.2 Å². The topological polar surface area (TPSA) is 85.8 Å². The number of hydrogen-bond donors (Lipinski definition) is 1. The van der Waals surface area contributed by atoms with Gasteiger partial charge in [0.2, 0.25) is 5.95 Å². The fourth-order valence-electron chi connectivity index (χ4n) is 4.29. The number of thiophene rings is 1. The summed E-state index contributed by atoms with van der Waals surface area (Å²) in [6, 6.07) is 5.93. The smallest absolute Gasteiger partial charge is 0.309 e. The number of nitrogens with zero attached hydrogens (tertiary/aromatic N) is 3. The van der Waals surface area contributed by atoms with Gasteiger partial charge in [0.15, 0.2) is 11.5 Å². The number of hydrogen-bond acceptors (Lipinski definition) is 9. The molecule has 2 aliphatic heterocycles. The summed E-state index contributed by atoms with van der Waals surface area (Å²) < 4.78 is 16.5. The minimum atomic E-state index is -0.110. The molecule has 2 aliphatic rings. The number of piperidine rings is 1. The second kappa shape index (κ2) is 9.84. The number of aromatic nitrogens is 2. The molecule has 1 saturated heterocycles. The number of anilines is 2. The maximum atomic E-state index is 12.1. The molecule has 0 atom stereocenters. The first kappa shape index (κ1) is 23.0. The van der Waals surface area contributed by atoms with Crippen LogP contribution in [0.15, 0.2) is 18.2 Å². The van der Waals surface area contributed by atoms with Gasteiger partial charge in [-0.3, -0.25) is 4.79 Å². The lowest BCUT2D eigenvalue weighted by molar-refractivity contribution is -0.148. The van der Waals surface area contributed by atoms with Crippen LogP contribution in [0.4, 0.5) is 11.8 Å². The number of halogens is 1. The van der Waals surface area contributed by atoms with Crippen LogP contribution in [-0.2, 0) is 16.1 Å². The molecule has 0 radical (unpaired) electrons. The summed E-state index contributed by atoms with van der Waals surface area (Å²) in [5.41, 5.74) is 1.05. The van der Waals surface area contributed by atoms with Crippen molar-refractivity contribution in [3.8, 4) is 11.5 Å². The van der Waals surface area contributed by atoms with Gasteiger partial charge in [0.25, 0.3) is 0 Å². The van der Waals surface area contributed by atoms with Crippen LogP contribution in [0, 0.1) is 12.8 Å². The third-order valence-electron chi connectivity index (χ3n) is 6.11. The predicted molar refractivity (Wildman–Crippen MR) is 133 cm³/mol. The fraction of sp³-hybridized carbons (Fsp3) is 0.458. The average Bonchev–Trinajstić information content (AvgIpc) is 3.15. The van der Waals surface area contributed by atoms with Crippen LogP contribution >= 0.6 is 22.9 Å². The Bertz CT molecular complexity index is 1210. The molecule has 1 N–H and O–H groups in total. The van der Waals surface area contributed by atoms with Gasteiger partial charge in [-0.15, -0.1) is 11.3 Å². The summed E-state index contributed by atoms with van der Waals surface area (Å²) in [6.07, 6.45) is 1.45. The summed E-state index contributed by atoms with van der Waals surface area (Å²) in [6.45, 7) is 7.32. The molecule has 0 aliphatic carbocycles. The molecule has 0 amide bonds. The second-order valence-electron chi connectivity index (χ2n) is 8.37. The molecule has 0 unspecified atom stereocenters. The zero-order valence-corrected chi connectivity index (χ0v) is 20.8. The van der Waals surface area contributed by atoms with Crippen molar-refractivity contribution < 1.29 is 19.0 Å². The second-order valence-corrected chi connectivity index (χ2v) is 9.95. The van der Waals surface area contributed by atoms with E-state index >= 15 is 0 Å². The van der Waals surface area contributed by atoms with Crippen molar-refractivity contribution in [1.82, 2.24) is 9.97 Å². The van der Waals surface area contributed by atoms with Crippen molar-refractivity contribution >= 4 is 50.9 Å². The van der Waals surface area contributed by atoms with Crippen LogP contribution < -0.4 is 19.7 Å². The minimum absolute atomic E-state index is 0.0637. The lowest BCUT2D eigenvalue weighted by Gasteiger charge is -2.31. The molecule has 0 spiro atoms. The highest BCUT2D eigenvalue weighted by Gasteiger charge is 2.28. The zero-order valence-electron chi connectivity index (χ0n) is 19.2. The molecule has 180 valence electrons. The number of carbonyl (C=O) groups excluding carboxylic acids is 1. The van der Waals surface area contributed by atoms with Gasteiger partial charge in [0, 0.05) is 24.5 Å². The quantitative estimate of drug-likeness (QED) is 0.480. The number of esters is 1. The van der Waals surface area contributed by atoms with Crippen LogP contribution in [0.3, 0.4) is 0 Å². The Labute approximate surface area is 207 Å². The van der Waals surface area contributed by atoms with Gasteiger partial charge in [-0.25, -0.2) is 4.98 Å². The summed E-state index contributed by atoms with van der Waals surface area (Å²) in [4.78, 5) is 25.8. The van der Waals surface area contributed by atoms with E-state index < -0.39 is 0 Å². The largest absolute Gasteiger partial charge is 0.486 e. The molecule has 3 aromatic rings. The van der Waals surface area contributed by atoms with Gasteiger partial charge in [0.1, 0.15) is 23.9 Å². The van der Waals surface area contributed by atoms with Crippen molar-refractivity contribution in [3.05, 3.63) is 33.7 Å². The molecule has 5 rings (SSSR count). The maximum absolute atomic E-state index is 12.1. The van der Waals surface area contributed by atoms with Gasteiger partial charge >= 0.3 is 5.97 Å². The molecule has 1 aromatic carbocycles. The van der Waals surface area contributed by atoms with Crippen LogP contribution in [-0.4, -0.2) is 48.8 Å². The van der Waals surface area contributed by atoms with E-state index in [1.807, 2.05) is 32.0 Å². The molecule has 34 heavy (non-hydrogen) atoms. The van der Waals surface area contributed by atoms with Crippen molar-refractivity contribution in [3.63, 3.8) is 0 Å². The third kappa shape index (κ3) is 4.59. The number of rotatable bonds is 6. The Kier molecular flexibility index (Phi) is 6.65. The maximum Gasteiger partial charge on any atom is 0.309 e. The number of carbonyl (C=O) groups is 1. The molecule has 8 nitrogen and oxygen atoms in total. The van der Waals surface area contributed by atoms with Gasteiger partial charge in [-0.2, -0.15) is 4.98 Å². The number of ether oxygens (including phenoxy) is 3. The average molecular weight is 503 g/mol. The number of benzene rings is 1. The number of nitrogens with one attached hydrogen (secondary N) is 1. The standard InChI is InChI=1S/C24H27ClN4O4S/c1-3-31-23(30)16-6-8-29(9-7-16)24-27-21(19-20(25)14(2)34-22(19)28-24)26-13-15-4-5-17-18(12-15)33-11-10-32-17/h4-5,12,16H,3,6-11,13H2,1-2H3,(H,26,27,28). The normalized spacial score (nSPS) is 16.0. The summed E-state index contributed by atoms with van der Waals surface area (Å²) >= 11 is 8.20. The van der Waals surface area contributed by atoms with E-state index in [-0.39, 0.29) is 11.9 Å².